The average Bonchev–Trinajstić information content (AvgIpc) is 3.14. The standard InChI is InChI=1S/C18H26N4O3/c1-11-9-12(2)25-16(11)17(23)19-13-7-5-6-8-14(13)22-10-15(20-21-22)18(3,4)24/h9-10,13-14,24H,5-8H2,1-4H3,(H,19,23)/t13-,14+/m0/s1. The maximum Gasteiger partial charge on any atom is 0.287 e. The number of aromatic nitrogens is 3. The first-order valence-corrected chi connectivity index (χ1v) is 8.78. The number of furan rings is 1. The van der Waals surface area contributed by atoms with Crippen LogP contribution >= 0.6 is 0 Å². The summed E-state index contributed by atoms with van der Waals surface area (Å²) in [5.41, 5.74) is 0.335. The Kier molecular flexibility index (Phi) is 4.69. The summed E-state index contributed by atoms with van der Waals surface area (Å²) in [6.07, 6.45) is 5.71. The summed E-state index contributed by atoms with van der Waals surface area (Å²) < 4.78 is 7.30. The molecule has 2 N–H and O–H groups in total. The van der Waals surface area contributed by atoms with Crippen LogP contribution in [0.2, 0.25) is 0 Å². The molecule has 7 heteroatoms. The van der Waals surface area contributed by atoms with Crippen molar-refractivity contribution in [3.05, 3.63) is 35.0 Å². The molecule has 0 spiro atoms. The van der Waals surface area contributed by atoms with Gasteiger partial charge in [-0.2, -0.15) is 0 Å². The van der Waals surface area contributed by atoms with Crippen LogP contribution in [0.15, 0.2) is 16.7 Å². The molecule has 0 unspecified atom stereocenters. The van der Waals surface area contributed by atoms with Crippen LogP contribution in [0, 0.1) is 13.8 Å². The SMILES string of the molecule is Cc1cc(C)c(C(=O)N[C@H]2CCCC[C@H]2n2cc(C(C)(C)O)nn2)o1. The van der Waals surface area contributed by atoms with E-state index in [1.807, 2.05) is 19.9 Å². The molecule has 1 saturated carbocycles. The number of nitrogens with zero attached hydrogens (tertiary/aromatic N) is 3. The summed E-state index contributed by atoms with van der Waals surface area (Å²) in [7, 11) is 0. The number of hydrogen-bond acceptors (Lipinski definition) is 5. The monoisotopic (exact) mass is 346 g/mol. The third-order valence-corrected chi connectivity index (χ3v) is 4.77. The Morgan fingerprint density at radius 1 is 1.36 bits per heavy atom. The van der Waals surface area contributed by atoms with Gasteiger partial charge in [-0.3, -0.25) is 4.79 Å². The van der Waals surface area contributed by atoms with Gasteiger partial charge in [0, 0.05) is 5.56 Å². The minimum atomic E-state index is -1.03. The Morgan fingerprint density at radius 2 is 2.08 bits per heavy atom. The van der Waals surface area contributed by atoms with E-state index in [4.69, 9.17) is 4.42 Å². The molecular weight excluding hydrogens is 320 g/mol. The highest BCUT2D eigenvalue weighted by Crippen LogP contribution is 2.29. The second kappa shape index (κ2) is 6.63. The van der Waals surface area contributed by atoms with Crippen LogP contribution in [0.4, 0.5) is 0 Å². The molecule has 0 saturated heterocycles. The first-order chi connectivity index (χ1) is 11.8. The lowest BCUT2D eigenvalue weighted by Gasteiger charge is -2.31. The van der Waals surface area contributed by atoms with Crippen LogP contribution in [0.3, 0.4) is 0 Å². The van der Waals surface area contributed by atoms with Crippen molar-refractivity contribution in [2.24, 2.45) is 0 Å². The van der Waals surface area contributed by atoms with Gasteiger partial charge < -0.3 is 14.8 Å². The van der Waals surface area contributed by atoms with Crippen LogP contribution in [-0.2, 0) is 5.60 Å². The quantitative estimate of drug-likeness (QED) is 0.888. The zero-order valence-electron chi connectivity index (χ0n) is 15.2. The summed E-state index contributed by atoms with van der Waals surface area (Å²) in [6.45, 7) is 7.07. The number of amides is 1. The van der Waals surface area contributed by atoms with Crippen LogP contribution in [0.5, 0.6) is 0 Å². The van der Waals surface area contributed by atoms with Gasteiger partial charge in [-0.05, 0) is 46.6 Å². The molecule has 25 heavy (non-hydrogen) atoms. The summed E-state index contributed by atoms with van der Waals surface area (Å²) in [4.78, 5) is 12.6. The van der Waals surface area contributed by atoms with Crippen molar-refractivity contribution in [3.8, 4) is 0 Å². The minimum absolute atomic E-state index is 0.0256. The van der Waals surface area contributed by atoms with Crippen molar-refractivity contribution >= 4 is 5.91 Å². The van der Waals surface area contributed by atoms with Gasteiger partial charge >= 0.3 is 0 Å². The first kappa shape index (κ1) is 17.7. The fraction of sp³-hybridized carbons (Fsp3) is 0.611. The number of carbonyl (C=O) groups excluding carboxylic acids is 1. The summed E-state index contributed by atoms with van der Waals surface area (Å²) in [6, 6.07) is 1.85. The van der Waals surface area contributed by atoms with Crippen LogP contribution in [0.1, 0.15) is 73.1 Å². The van der Waals surface area contributed by atoms with Crippen molar-refractivity contribution in [2.75, 3.05) is 0 Å². The Morgan fingerprint density at radius 3 is 2.68 bits per heavy atom. The van der Waals surface area contributed by atoms with E-state index in [1.54, 1.807) is 24.7 Å². The zero-order chi connectivity index (χ0) is 18.2. The number of nitrogens with one attached hydrogen (secondary N) is 1. The third-order valence-electron chi connectivity index (χ3n) is 4.77. The largest absolute Gasteiger partial charge is 0.456 e. The molecule has 1 aliphatic rings. The van der Waals surface area contributed by atoms with E-state index >= 15 is 0 Å². The van der Waals surface area contributed by atoms with Crippen molar-refractivity contribution in [3.63, 3.8) is 0 Å². The molecule has 3 rings (SSSR count). The molecule has 0 aliphatic heterocycles. The second-order valence-corrected chi connectivity index (χ2v) is 7.44. The second-order valence-electron chi connectivity index (χ2n) is 7.44. The molecule has 2 heterocycles. The van der Waals surface area contributed by atoms with Gasteiger partial charge in [0.05, 0.1) is 18.3 Å². The van der Waals surface area contributed by atoms with Crippen molar-refractivity contribution < 1.29 is 14.3 Å². The summed E-state index contributed by atoms with van der Waals surface area (Å²) >= 11 is 0. The lowest BCUT2D eigenvalue weighted by Crippen LogP contribution is -2.43. The molecule has 7 nitrogen and oxygen atoms in total. The van der Waals surface area contributed by atoms with Gasteiger partial charge in [-0.25, -0.2) is 4.68 Å². The van der Waals surface area contributed by atoms with Crippen LogP contribution in [-0.4, -0.2) is 32.0 Å². The van der Waals surface area contributed by atoms with E-state index in [1.165, 1.54) is 0 Å². The smallest absolute Gasteiger partial charge is 0.287 e. The highest BCUT2D eigenvalue weighted by molar-refractivity contribution is 5.93. The van der Waals surface area contributed by atoms with E-state index in [-0.39, 0.29) is 18.0 Å². The van der Waals surface area contributed by atoms with Crippen LogP contribution in [0.25, 0.3) is 0 Å². The molecule has 0 aromatic carbocycles. The first-order valence-electron chi connectivity index (χ1n) is 8.78. The van der Waals surface area contributed by atoms with E-state index in [9.17, 15) is 9.90 Å². The fourth-order valence-corrected chi connectivity index (χ4v) is 3.42. The van der Waals surface area contributed by atoms with E-state index in [0.29, 0.717) is 11.5 Å². The maximum atomic E-state index is 12.6. The number of rotatable bonds is 4. The zero-order valence-corrected chi connectivity index (χ0v) is 15.2. The van der Waals surface area contributed by atoms with Gasteiger partial charge in [0.25, 0.3) is 5.91 Å². The van der Waals surface area contributed by atoms with Gasteiger partial charge in [0.2, 0.25) is 0 Å². The normalized spacial score (nSPS) is 21.3. The molecule has 1 aliphatic carbocycles. The Bertz CT molecular complexity index is 757. The Labute approximate surface area is 147 Å². The molecule has 2 aromatic rings. The number of hydrogen-bond donors (Lipinski definition) is 2. The lowest BCUT2D eigenvalue weighted by molar-refractivity contribution is 0.0735. The Hall–Kier alpha value is -2.15. The Balaban J connectivity index is 1.78. The average molecular weight is 346 g/mol. The van der Waals surface area contributed by atoms with Gasteiger partial charge in [-0.15, -0.1) is 5.10 Å². The third kappa shape index (κ3) is 3.76. The van der Waals surface area contributed by atoms with Crippen molar-refractivity contribution in [1.29, 1.82) is 0 Å². The number of aliphatic hydroxyl groups is 1. The molecule has 2 atom stereocenters. The molecule has 0 radical (unpaired) electrons. The lowest BCUT2D eigenvalue weighted by atomic mass is 9.90. The molecule has 0 bridgehead atoms. The molecular formula is C18H26N4O3. The predicted molar refractivity (Wildman–Crippen MR) is 92.2 cm³/mol. The van der Waals surface area contributed by atoms with Crippen molar-refractivity contribution in [1.82, 2.24) is 20.3 Å². The molecule has 2 aromatic heterocycles. The van der Waals surface area contributed by atoms with Gasteiger partial charge in [-0.1, -0.05) is 18.1 Å². The van der Waals surface area contributed by atoms with E-state index < -0.39 is 5.60 Å². The molecule has 1 fully saturated rings. The van der Waals surface area contributed by atoms with E-state index in [0.717, 1.165) is 37.0 Å². The fourth-order valence-electron chi connectivity index (χ4n) is 3.42. The molecule has 1 amide bonds. The highest BCUT2D eigenvalue weighted by atomic mass is 16.3. The topological polar surface area (TPSA) is 93.2 Å². The number of aryl methyl sites for hydroxylation is 2. The predicted octanol–water partition coefficient (Wildman–Crippen LogP) is 2.63. The minimum Gasteiger partial charge on any atom is -0.456 e. The number of carbonyl (C=O) groups is 1. The van der Waals surface area contributed by atoms with E-state index in [2.05, 4.69) is 15.6 Å². The van der Waals surface area contributed by atoms with Crippen molar-refractivity contribution in [2.45, 2.75) is 71.1 Å². The maximum absolute atomic E-state index is 12.6. The van der Waals surface area contributed by atoms with Crippen LogP contribution < -0.4 is 5.32 Å². The van der Waals surface area contributed by atoms with Gasteiger partial charge in [0.1, 0.15) is 17.1 Å². The summed E-state index contributed by atoms with van der Waals surface area (Å²) in [5.74, 6) is 0.914. The summed E-state index contributed by atoms with van der Waals surface area (Å²) in [5, 5.41) is 21.5. The molecule has 136 valence electrons. The highest BCUT2D eigenvalue weighted by Gasteiger charge is 2.31. The van der Waals surface area contributed by atoms with Gasteiger partial charge in [0.15, 0.2) is 5.76 Å².